The van der Waals surface area contributed by atoms with Crippen LogP contribution >= 0.6 is 23.2 Å². The van der Waals surface area contributed by atoms with Crippen molar-refractivity contribution >= 4 is 29.1 Å². The lowest BCUT2D eigenvalue weighted by atomic mass is 10.1. The molecule has 0 radical (unpaired) electrons. The lowest BCUT2D eigenvalue weighted by molar-refractivity contribution is -0.121. The minimum Gasteiger partial charge on any atom is -0.353 e. The Morgan fingerprint density at radius 3 is 2.90 bits per heavy atom. The highest BCUT2D eigenvalue weighted by Gasteiger charge is 2.10. The monoisotopic (exact) mass is 326 g/mol. The van der Waals surface area contributed by atoms with Gasteiger partial charge < -0.3 is 5.32 Å². The van der Waals surface area contributed by atoms with Gasteiger partial charge in [0.25, 0.3) is 0 Å². The molecule has 2 aromatic rings. The molecule has 0 spiro atoms. The van der Waals surface area contributed by atoms with Gasteiger partial charge in [-0.15, -0.1) is 0 Å². The van der Waals surface area contributed by atoms with Crippen molar-refractivity contribution in [2.24, 2.45) is 0 Å². The van der Waals surface area contributed by atoms with Gasteiger partial charge in [-0.3, -0.25) is 9.48 Å². The Morgan fingerprint density at radius 2 is 2.24 bits per heavy atom. The van der Waals surface area contributed by atoms with Crippen molar-refractivity contribution in [2.45, 2.75) is 32.4 Å². The molecule has 0 fully saturated rings. The van der Waals surface area contributed by atoms with Crippen molar-refractivity contribution in [3.63, 3.8) is 0 Å². The van der Waals surface area contributed by atoms with E-state index in [0.717, 1.165) is 5.56 Å². The highest BCUT2D eigenvalue weighted by molar-refractivity contribution is 6.35. The molecule has 5 nitrogen and oxygen atoms in total. The van der Waals surface area contributed by atoms with Gasteiger partial charge in [0.2, 0.25) is 5.91 Å². The van der Waals surface area contributed by atoms with Gasteiger partial charge >= 0.3 is 0 Å². The fraction of sp³-hybridized carbons (Fsp3) is 0.357. The summed E-state index contributed by atoms with van der Waals surface area (Å²) in [4.78, 5) is 15.7. The Hall–Kier alpha value is -1.59. The number of aromatic nitrogens is 3. The third-order valence-electron chi connectivity index (χ3n) is 2.98. The Bertz CT molecular complexity index is 601. The smallest absolute Gasteiger partial charge is 0.222 e. The molecular formula is C14H16Cl2N4O. The summed E-state index contributed by atoms with van der Waals surface area (Å²) in [5.74, 6) is -0.0249. The van der Waals surface area contributed by atoms with Crippen molar-refractivity contribution < 1.29 is 4.79 Å². The van der Waals surface area contributed by atoms with E-state index in [1.807, 2.05) is 13.0 Å². The van der Waals surface area contributed by atoms with Gasteiger partial charge in [0.05, 0.1) is 6.54 Å². The molecule has 0 unspecified atom stereocenters. The van der Waals surface area contributed by atoms with E-state index < -0.39 is 0 Å². The van der Waals surface area contributed by atoms with Crippen molar-refractivity contribution in [1.82, 2.24) is 20.1 Å². The van der Waals surface area contributed by atoms with Crippen LogP contribution in [0.15, 0.2) is 30.9 Å². The summed E-state index contributed by atoms with van der Waals surface area (Å²) in [6, 6.07) is 5.37. The maximum atomic E-state index is 11.9. The molecule has 0 bridgehead atoms. The number of aryl methyl sites for hydroxylation is 1. The van der Waals surface area contributed by atoms with E-state index in [9.17, 15) is 4.79 Å². The van der Waals surface area contributed by atoms with Gasteiger partial charge in [0.15, 0.2) is 0 Å². The van der Waals surface area contributed by atoms with Gasteiger partial charge in [0, 0.05) is 22.5 Å². The molecule has 1 heterocycles. The molecule has 0 saturated heterocycles. The van der Waals surface area contributed by atoms with Gasteiger partial charge in [-0.1, -0.05) is 29.3 Å². The topological polar surface area (TPSA) is 59.8 Å². The number of nitrogens with one attached hydrogen (secondary N) is 1. The Morgan fingerprint density at radius 1 is 1.43 bits per heavy atom. The number of halogens is 2. The van der Waals surface area contributed by atoms with Crippen LogP contribution in [0.3, 0.4) is 0 Å². The minimum absolute atomic E-state index is 0.00748. The first-order valence-corrected chi connectivity index (χ1v) is 7.36. The van der Waals surface area contributed by atoms with E-state index in [1.165, 1.54) is 6.33 Å². The first kappa shape index (κ1) is 15.8. The molecule has 1 aromatic heterocycles. The van der Waals surface area contributed by atoms with Crippen LogP contribution in [0.5, 0.6) is 0 Å². The highest BCUT2D eigenvalue weighted by atomic mass is 35.5. The van der Waals surface area contributed by atoms with Crippen molar-refractivity contribution in [2.75, 3.05) is 0 Å². The van der Waals surface area contributed by atoms with Gasteiger partial charge in [-0.25, -0.2) is 4.98 Å². The zero-order valence-corrected chi connectivity index (χ0v) is 13.1. The molecule has 0 aliphatic carbocycles. The van der Waals surface area contributed by atoms with Crippen LogP contribution in [0.4, 0.5) is 0 Å². The molecule has 0 aliphatic heterocycles. The van der Waals surface area contributed by atoms with Gasteiger partial charge in [-0.2, -0.15) is 5.10 Å². The molecule has 112 valence electrons. The number of hydrogen-bond acceptors (Lipinski definition) is 3. The van der Waals surface area contributed by atoms with E-state index in [-0.39, 0.29) is 11.9 Å². The van der Waals surface area contributed by atoms with Crippen LogP contribution in [0.1, 0.15) is 18.9 Å². The SMILES string of the molecule is C[C@@H](Cc1ccc(Cl)cc1Cl)NC(=O)CCn1cncn1. The molecular weight excluding hydrogens is 311 g/mol. The Labute approximate surface area is 133 Å². The highest BCUT2D eigenvalue weighted by Crippen LogP contribution is 2.22. The van der Waals surface area contributed by atoms with Crippen molar-refractivity contribution in [1.29, 1.82) is 0 Å². The van der Waals surface area contributed by atoms with E-state index in [2.05, 4.69) is 15.4 Å². The molecule has 1 aromatic carbocycles. The van der Waals surface area contributed by atoms with Crippen LogP contribution < -0.4 is 5.32 Å². The number of carbonyl (C=O) groups excluding carboxylic acids is 1. The van der Waals surface area contributed by atoms with E-state index in [1.54, 1.807) is 23.1 Å². The summed E-state index contributed by atoms with van der Waals surface area (Å²) in [5.41, 5.74) is 0.963. The fourth-order valence-corrected chi connectivity index (χ4v) is 2.47. The standard InChI is InChI=1S/C14H16Cl2N4O/c1-10(6-11-2-3-12(15)7-13(11)16)19-14(21)4-5-20-9-17-8-18-20/h2-3,7-10H,4-6H2,1H3,(H,19,21)/t10-/m0/s1. The maximum absolute atomic E-state index is 11.9. The zero-order valence-electron chi connectivity index (χ0n) is 11.6. The number of hydrogen-bond donors (Lipinski definition) is 1. The van der Waals surface area contributed by atoms with E-state index in [0.29, 0.717) is 29.4 Å². The van der Waals surface area contributed by atoms with E-state index >= 15 is 0 Å². The average molecular weight is 327 g/mol. The van der Waals surface area contributed by atoms with Crippen LogP contribution in [0.2, 0.25) is 10.0 Å². The number of carbonyl (C=O) groups is 1. The quantitative estimate of drug-likeness (QED) is 0.887. The number of amides is 1. The summed E-state index contributed by atoms with van der Waals surface area (Å²) >= 11 is 12.0. The third kappa shape index (κ3) is 5.02. The fourth-order valence-electron chi connectivity index (χ4n) is 1.98. The number of benzene rings is 1. The average Bonchev–Trinajstić information content (AvgIpc) is 2.93. The molecule has 0 saturated carbocycles. The van der Waals surface area contributed by atoms with Gasteiger partial charge in [-0.05, 0) is 31.0 Å². The second-order valence-electron chi connectivity index (χ2n) is 4.82. The van der Waals surface area contributed by atoms with Crippen LogP contribution in [-0.4, -0.2) is 26.7 Å². The molecule has 1 amide bonds. The van der Waals surface area contributed by atoms with Crippen molar-refractivity contribution in [3.05, 3.63) is 46.5 Å². The predicted molar refractivity (Wildman–Crippen MR) is 82.4 cm³/mol. The Balaban J connectivity index is 1.80. The molecule has 2 rings (SSSR count). The van der Waals surface area contributed by atoms with Crippen LogP contribution in [-0.2, 0) is 17.8 Å². The normalized spacial score (nSPS) is 12.1. The summed E-state index contributed by atoms with van der Waals surface area (Å²) in [6.07, 6.45) is 4.06. The maximum Gasteiger partial charge on any atom is 0.222 e. The Kier molecular flexibility index (Phi) is 5.59. The number of nitrogens with zero attached hydrogens (tertiary/aromatic N) is 3. The molecule has 1 N–H and O–H groups in total. The van der Waals surface area contributed by atoms with E-state index in [4.69, 9.17) is 23.2 Å². The lowest BCUT2D eigenvalue weighted by Crippen LogP contribution is -2.34. The molecule has 0 aliphatic rings. The van der Waals surface area contributed by atoms with Crippen LogP contribution in [0, 0.1) is 0 Å². The largest absolute Gasteiger partial charge is 0.353 e. The zero-order chi connectivity index (χ0) is 15.2. The van der Waals surface area contributed by atoms with Gasteiger partial charge in [0.1, 0.15) is 12.7 Å². The summed E-state index contributed by atoms with van der Waals surface area (Å²) in [6.45, 7) is 2.46. The lowest BCUT2D eigenvalue weighted by Gasteiger charge is -2.15. The second-order valence-corrected chi connectivity index (χ2v) is 5.66. The third-order valence-corrected chi connectivity index (χ3v) is 3.57. The first-order valence-electron chi connectivity index (χ1n) is 6.60. The second kappa shape index (κ2) is 7.43. The summed E-state index contributed by atoms with van der Waals surface area (Å²) < 4.78 is 1.63. The predicted octanol–water partition coefficient (Wildman–Crippen LogP) is 2.72. The van der Waals surface area contributed by atoms with Crippen molar-refractivity contribution in [3.8, 4) is 0 Å². The van der Waals surface area contributed by atoms with Crippen LogP contribution in [0.25, 0.3) is 0 Å². The number of rotatable bonds is 6. The molecule has 1 atom stereocenters. The minimum atomic E-state index is -0.0249. The molecule has 21 heavy (non-hydrogen) atoms. The summed E-state index contributed by atoms with van der Waals surface area (Å²) in [7, 11) is 0. The molecule has 7 heteroatoms. The first-order chi connectivity index (χ1) is 10.0. The summed E-state index contributed by atoms with van der Waals surface area (Å²) in [5, 5.41) is 8.11.